The molecule has 4 rings (SSSR count). The van der Waals surface area contributed by atoms with Crippen molar-refractivity contribution in [3.8, 4) is 0 Å². The van der Waals surface area contributed by atoms with Crippen LogP contribution in [0.1, 0.15) is 24.2 Å². The van der Waals surface area contributed by atoms with E-state index in [0.717, 1.165) is 36.4 Å². The molecule has 2 aromatic rings. The molecular formula is C15H16BrN3OS. The summed E-state index contributed by atoms with van der Waals surface area (Å²) in [4.78, 5) is 0. The summed E-state index contributed by atoms with van der Waals surface area (Å²) in [5.41, 5.74) is 1.56. The van der Waals surface area contributed by atoms with Gasteiger partial charge in [-0.2, -0.15) is 0 Å². The van der Waals surface area contributed by atoms with Crippen LogP contribution in [-0.4, -0.2) is 28.0 Å². The minimum Gasteiger partial charge on any atom is -0.380 e. The van der Waals surface area contributed by atoms with Gasteiger partial charge in [0.25, 0.3) is 0 Å². The Hall–Kier alpha value is -0.850. The Morgan fingerprint density at radius 2 is 2.05 bits per heavy atom. The zero-order chi connectivity index (χ0) is 14.7. The molecule has 0 radical (unpaired) electrons. The molecule has 1 aliphatic carbocycles. The van der Waals surface area contributed by atoms with Crippen molar-refractivity contribution in [3.63, 3.8) is 0 Å². The Labute approximate surface area is 137 Å². The van der Waals surface area contributed by atoms with Crippen LogP contribution in [0, 0.1) is 5.41 Å². The average Bonchev–Trinajstić information content (AvgIpc) is 2.69. The van der Waals surface area contributed by atoms with Crippen LogP contribution >= 0.6 is 28.6 Å². The summed E-state index contributed by atoms with van der Waals surface area (Å²) in [6.45, 7) is 1.74. The Bertz CT molecular complexity index is 703. The maximum absolute atomic E-state index is 5.44. The van der Waals surface area contributed by atoms with E-state index in [1.807, 2.05) is 11.6 Å². The van der Waals surface area contributed by atoms with Crippen molar-refractivity contribution < 1.29 is 4.74 Å². The van der Waals surface area contributed by atoms with E-state index in [1.54, 1.807) is 0 Å². The van der Waals surface area contributed by atoms with Crippen molar-refractivity contribution in [1.29, 1.82) is 0 Å². The van der Waals surface area contributed by atoms with E-state index in [4.69, 9.17) is 4.74 Å². The first-order chi connectivity index (χ1) is 10.0. The highest BCUT2D eigenvalue weighted by molar-refractivity contribution is 9.10. The number of halogens is 1. The van der Waals surface area contributed by atoms with E-state index in [0.29, 0.717) is 10.6 Å². The molecule has 2 aliphatic rings. The average molecular weight is 366 g/mol. The lowest BCUT2D eigenvalue weighted by molar-refractivity contribution is -0.182. The lowest BCUT2D eigenvalue weighted by Gasteiger charge is -2.59. The highest BCUT2D eigenvalue weighted by atomic mass is 79.9. The first-order valence-corrected chi connectivity index (χ1v) is 8.21. The number of benzene rings is 1. The highest BCUT2D eigenvalue weighted by Crippen LogP contribution is 2.61. The number of ether oxygens (including phenoxy) is 1. The molecule has 1 saturated carbocycles. The van der Waals surface area contributed by atoms with E-state index in [9.17, 15) is 0 Å². The van der Waals surface area contributed by atoms with E-state index in [1.165, 1.54) is 5.56 Å². The molecule has 21 heavy (non-hydrogen) atoms. The summed E-state index contributed by atoms with van der Waals surface area (Å²) in [6.07, 6.45) is 2.13. The van der Waals surface area contributed by atoms with E-state index < -0.39 is 0 Å². The molecule has 0 bridgehead atoms. The van der Waals surface area contributed by atoms with Gasteiger partial charge in [0.1, 0.15) is 5.82 Å². The molecule has 1 saturated heterocycles. The van der Waals surface area contributed by atoms with Crippen LogP contribution in [-0.2, 0) is 17.2 Å². The zero-order valence-corrected chi connectivity index (χ0v) is 14.2. The van der Waals surface area contributed by atoms with Gasteiger partial charge in [-0.25, -0.2) is 0 Å². The van der Waals surface area contributed by atoms with Crippen molar-refractivity contribution in [3.05, 3.63) is 40.1 Å². The lowest BCUT2D eigenvalue weighted by Crippen LogP contribution is -2.60. The second kappa shape index (κ2) is 4.57. The summed E-state index contributed by atoms with van der Waals surface area (Å²) in [6, 6.07) is 8.52. The van der Waals surface area contributed by atoms with E-state index >= 15 is 0 Å². The normalized spacial score (nSPS) is 21.9. The fourth-order valence-corrected chi connectivity index (χ4v) is 4.38. The molecule has 2 heterocycles. The minimum absolute atomic E-state index is 0.0731. The van der Waals surface area contributed by atoms with Crippen molar-refractivity contribution >= 4 is 28.6 Å². The van der Waals surface area contributed by atoms with Gasteiger partial charge < -0.3 is 9.30 Å². The monoisotopic (exact) mass is 365 g/mol. The third-order valence-electron chi connectivity index (χ3n) is 4.83. The lowest BCUT2D eigenvalue weighted by atomic mass is 9.49. The van der Waals surface area contributed by atoms with Gasteiger partial charge in [-0.15, -0.1) is 22.8 Å². The number of nitrogens with zero attached hydrogens (tertiary/aromatic N) is 3. The van der Waals surface area contributed by atoms with Gasteiger partial charge in [-0.05, 0) is 30.5 Å². The van der Waals surface area contributed by atoms with Crippen molar-refractivity contribution in [2.45, 2.75) is 23.4 Å². The summed E-state index contributed by atoms with van der Waals surface area (Å²) < 4.78 is 8.53. The van der Waals surface area contributed by atoms with Gasteiger partial charge in [0.05, 0.1) is 18.6 Å². The summed E-state index contributed by atoms with van der Waals surface area (Å²) in [5.74, 6) is 1.00. The number of thiol groups is 1. The minimum atomic E-state index is -0.0731. The Morgan fingerprint density at radius 1 is 1.29 bits per heavy atom. The van der Waals surface area contributed by atoms with Crippen LogP contribution in [0.25, 0.3) is 0 Å². The summed E-state index contributed by atoms with van der Waals surface area (Å²) in [5, 5.41) is 9.22. The zero-order valence-electron chi connectivity index (χ0n) is 11.7. The topological polar surface area (TPSA) is 39.9 Å². The molecule has 1 aromatic carbocycles. The molecule has 0 N–H and O–H groups in total. The maximum Gasteiger partial charge on any atom is 0.187 e. The number of aromatic nitrogens is 3. The standard InChI is InChI=1S/C15H16BrN3OS/c1-19-12(17-18-13(19)21)15(6-14(7-15)8-20-9-14)10-3-2-4-11(16)5-10/h2-5H,6-9H2,1H3,(H,18,21). The fraction of sp³-hybridized carbons (Fsp3) is 0.467. The molecule has 110 valence electrons. The highest BCUT2D eigenvalue weighted by Gasteiger charge is 2.61. The molecule has 1 aromatic heterocycles. The number of rotatable bonds is 2. The van der Waals surface area contributed by atoms with Crippen molar-refractivity contribution in [2.75, 3.05) is 13.2 Å². The molecule has 2 fully saturated rings. The number of hydrogen-bond acceptors (Lipinski definition) is 4. The fourth-order valence-electron chi connectivity index (χ4n) is 3.84. The van der Waals surface area contributed by atoms with Crippen LogP contribution in [0.4, 0.5) is 0 Å². The molecule has 0 atom stereocenters. The predicted octanol–water partition coefficient (Wildman–Crippen LogP) is 2.96. The third-order valence-corrected chi connectivity index (χ3v) is 5.71. The molecule has 1 spiro atoms. The quantitative estimate of drug-likeness (QED) is 0.831. The van der Waals surface area contributed by atoms with Gasteiger partial charge in [0.15, 0.2) is 5.16 Å². The van der Waals surface area contributed by atoms with Crippen molar-refractivity contribution in [2.24, 2.45) is 12.5 Å². The maximum atomic E-state index is 5.44. The Kier molecular flexibility index (Phi) is 3.00. The second-order valence-corrected chi connectivity index (χ2v) is 7.64. The predicted molar refractivity (Wildman–Crippen MR) is 85.7 cm³/mol. The molecule has 0 amide bonds. The summed E-state index contributed by atoms with van der Waals surface area (Å²) >= 11 is 7.96. The smallest absolute Gasteiger partial charge is 0.187 e. The largest absolute Gasteiger partial charge is 0.380 e. The molecule has 0 unspecified atom stereocenters. The van der Waals surface area contributed by atoms with E-state index in [-0.39, 0.29) is 5.41 Å². The SMILES string of the molecule is Cn1c(S)nnc1C1(c2cccc(Br)c2)CC2(COC2)C1. The van der Waals surface area contributed by atoms with E-state index in [2.05, 4.69) is 63.0 Å². The van der Waals surface area contributed by atoms with Gasteiger partial charge in [-0.1, -0.05) is 28.1 Å². The van der Waals surface area contributed by atoms with Gasteiger partial charge in [-0.3, -0.25) is 0 Å². The second-order valence-electron chi connectivity index (χ2n) is 6.32. The number of hydrogen-bond donors (Lipinski definition) is 1. The van der Waals surface area contributed by atoms with Crippen LogP contribution in [0.3, 0.4) is 0 Å². The third kappa shape index (κ3) is 1.92. The van der Waals surface area contributed by atoms with Crippen LogP contribution in [0.15, 0.2) is 33.9 Å². The van der Waals surface area contributed by atoms with Crippen LogP contribution in [0.5, 0.6) is 0 Å². The van der Waals surface area contributed by atoms with Crippen LogP contribution in [0.2, 0.25) is 0 Å². The first-order valence-electron chi connectivity index (χ1n) is 6.97. The van der Waals surface area contributed by atoms with Gasteiger partial charge in [0, 0.05) is 16.9 Å². The first kappa shape index (κ1) is 13.8. The Balaban J connectivity index is 1.82. The molecule has 4 nitrogen and oxygen atoms in total. The van der Waals surface area contributed by atoms with Gasteiger partial charge >= 0.3 is 0 Å². The molecule has 6 heteroatoms. The Morgan fingerprint density at radius 3 is 2.57 bits per heavy atom. The van der Waals surface area contributed by atoms with Gasteiger partial charge in [0.2, 0.25) is 0 Å². The molecule has 1 aliphatic heterocycles. The molecular weight excluding hydrogens is 350 g/mol. The summed E-state index contributed by atoms with van der Waals surface area (Å²) in [7, 11) is 1.99. The van der Waals surface area contributed by atoms with Crippen molar-refractivity contribution in [1.82, 2.24) is 14.8 Å². The van der Waals surface area contributed by atoms with Crippen LogP contribution < -0.4 is 0 Å².